The molecule has 5 nitrogen and oxygen atoms in total. The second-order valence-corrected chi connectivity index (χ2v) is 4.50. The molecule has 0 bridgehead atoms. The number of hydrogen-bond acceptors (Lipinski definition) is 5. The van der Waals surface area contributed by atoms with Crippen LogP contribution in [0.4, 0.5) is 0 Å². The maximum atomic E-state index is 12.4. The molecule has 0 aliphatic carbocycles. The van der Waals surface area contributed by atoms with Crippen molar-refractivity contribution in [3.63, 3.8) is 0 Å². The van der Waals surface area contributed by atoms with Crippen molar-refractivity contribution < 1.29 is 24.5 Å². The number of phenols is 2. The van der Waals surface area contributed by atoms with E-state index in [1.54, 1.807) is 6.08 Å². The molecule has 2 aromatic rings. The Kier molecular flexibility index (Phi) is 3.02. The zero-order valence-electron chi connectivity index (χ0n) is 11.2. The minimum atomic E-state index is -0.478. The summed E-state index contributed by atoms with van der Waals surface area (Å²) >= 11 is 0. The molecule has 0 unspecified atom stereocenters. The Morgan fingerprint density at radius 3 is 2.57 bits per heavy atom. The van der Waals surface area contributed by atoms with Crippen molar-refractivity contribution in [1.82, 2.24) is 0 Å². The van der Waals surface area contributed by atoms with Crippen LogP contribution in [0, 0.1) is 0 Å². The number of carbonyl (C=O) groups is 1. The number of rotatable bonds is 2. The molecule has 0 radical (unpaired) electrons. The molecule has 5 heteroatoms. The molecule has 0 saturated carbocycles. The molecule has 21 heavy (non-hydrogen) atoms. The van der Waals surface area contributed by atoms with E-state index in [1.807, 2.05) is 30.3 Å². The average molecular weight is 284 g/mol. The molecule has 1 heterocycles. The normalized spacial score (nSPS) is 14.9. The van der Waals surface area contributed by atoms with Crippen LogP contribution >= 0.6 is 0 Å². The largest absolute Gasteiger partial charge is 0.504 e. The van der Waals surface area contributed by atoms with Crippen LogP contribution in [-0.2, 0) is 0 Å². The van der Waals surface area contributed by atoms with Gasteiger partial charge in [-0.2, -0.15) is 0 Å². The number of allylic oxidation sites excluding steroid dienone is 1. The van der Waals surface area contributed by atoms with Gasteiger partial charge >= 0.3 is 0 Å². The van der Waals surface area contributed by atoms with Gasteiger partial charge in [-0.15, -0.1) is 0 Å². The van der Waals surface area contributed by atoms with Gasteiger partial charge in [0.2, 0.25) is 11.5 Å². The molecule has 2 N–H and O–H groups in total. The summed E-state index contributed by atoms with van der Waals surface area (Å²) in [4.78, 5) is 12.4. The molecule has 0 atom stereocenters. The first kappa shape index (κ1) is 13.1. The Labute approximate surface area is 120 Å². The smallest absolute Gasteiger partial charge is 0.235 e. The van der Waals surface area contributed by atoms with Crippen LogP contribution in [0.5, 0.6) is 23.0 Å². The van der Waals surface area contributed by atoms with E-state index in [4.69, 9.17) is 9.47 Å². The lowest BCUT2D eigenvalue weighted by Gasteiger charge is -2.07. The van der Waals surface area contributed by atoms with Gasteiger partial charge in [0.1, 0.15) is 11.3 Å². The van der Waals surface area contributed by atoms with Crippen LogP contribution in [0.25, 0.3) is 6.08 Å². The van der Waals surface area contributed by atoms with Crippen molar-refractivity contribution in [2.24, 2.45) is 0 Å². The third-order valence-corrected chi connectivity index (χ3v) is 3.17. The van der Waals surface area contributed by atoms with Gasteiger partial charge in [-0.3, -0.25) is 4.79 Å². The molecule has 0 fully saturated rings. The predicted molar refractivity (Wildman–Crippen MR) is 75.7 cm³/mol. The third-order valence-electron chi connectivity index (χ3n) is 3.17. The van der Waals surface area contributed by atoms with Gasteiger partial charge in [0, 0.05) is 6.07 Å². The number of Topliss-reactive ketones (excluding diaryl/α,β-unsaturated/α-hetero) is 1. The summed E-state index contributed by atoms with van der Waals surface area (Å²) in [5.74, 6) is -1.10. The molecule has 3 rings (SSSR count). The lowest BCUT2D eigenvalue weighted by molar-refractivity contribution is 0.101. The molecule has 106 valence electrons. The Morgan fingerprint density at radius 2 is 1.90 bits per heavy atom. The number of ketones is 1. The fourth-order valence-electron chi connectivity index (χ4n) is 2.19. The minimum absolute atomic E-state index is 0.0912. The van der Waals surface area contributed by atoms with Gasteiger partial charge in [-0.25, -0.2) is 0 Å². The molecule has 0 saturated heterocycles. The van der Waals surface area contributed by atoms with Crippen molar-refractivity contribution in [2.45, 2.75) is 0 Å². The first-order valence-corrected chi connectivity index (χ1v) is 6.24. The summed E-state index contributed by atoms with van der Waals surface area (Å²) in [5, 5.41) is 19.4. The topological polar surface area (TPSA) is 76.0 Å². The summed E-state index contributed by atoms with van der Waals surface area (Å²) in [6.45, 7) is 0. The molecule has 2 aromatic carbocycles. The van der Waals surface area contributed by atoms with Crippen LogP contribution < -0.4 is 9.47 Å². The fraction of sp³-hybridized carbons (Fsp3) is 0.0625. The highest BCUT2D eigenvalue weighted by Gasteiger charge is 2.34. The number of fused-ring (bicyclic) bond motifs is 1. The quantitative estimate of drug-likeness (QED) is 0.655. The lowest BCUT2D eigenvalue weighted by atomic mass is 10.1. The van der Waals surface area contributed by atoms with E-state index in [-0.39, 0.29) is 22.8 Å². The SMILES string of the molecule is COc1c(O)c(O)cc2c1C(=O)C(=Cc1ccccc1)O2. The number of methoxy groups -OCH3 is 1. The maximum absolute atomic E-state index is 12.4. The zero-order chi connectivity index (χ0) is 15.0. The van der Waals surface area contributed by atoms with Crippen molar-refractivity contribution in [2.75, 3.05) is 7.11 Å². The first-order chi connectivity index (χ1) is 10.1. The van der Waals surface area contributed by atoms with Crippen molar-refractivity contribution in [1.29, 1.82) is 0 Å². The number of benzene rings is 2. The van der Waals surface area contributed by atoms with Crippen LogP contribution in [-0.4, -0.2) is 23.1 Å². The third kappa shape index (κ3) is 2.08. The number of carbonyl (C=O) groups excluding carboxylic acids is 1. The predicted octanol–water partition coefficient (Wildman–Crippen LogP) is 2.72. The number of ether oxygens (including phenoxy) is 2. The van der Waals surface area contributed by atoms with Gasteiger partial charge in [-0.05, 0) is 11.6 Å². The molecular formula is C16H12O5. The van der Waals surface area contributed by atoms with E-state index in [0.29, 0.717) is 0 Å². The number of hydrogen-bond donors (Lipinski definition) is 2. The van der Waals surface area contributed by atoms with Gasteiger partial charge in [0.05, 0.1) is 7.11 Å². The fourth-order valence-corrected chi connectivity index (χ4v) is 2.19. The first-order valence-electron chi connectivity index (χ1n) is 6.24. The Balaban J connectivity index is 2.09. The van der Waals surface area contributed by atoms with Gasteiger partial charge in [-0.1, -0.05) is 30.3 Å². The zero-order valence-corrected chi connectivity index (χ0v) is 11.2. The highest BCUT2D eigenvalue weighted by Crippen LogP contribution is 2.48. The Morgan fingerprint density at radius 1 is 1.19 bits per heavy atom. The van der Waals surface area contributed by atoms with Crippen LogP contribution in [0.2, 0.25) is 0 Å². The molecule has 0 aromatic heterocycles. The molecular weight excluding hydrogens is 272 g/mol. The lowest BCUT2D eigenvalue weighted by Crippen LogP contribution is -2.00. The standard InChI is InChI=1S/C16H12O5/c1-20-16-13-11(8-10(17)14(16)18)21-12(15(13)19)7-9-5-3-2-4-6-9/h2-8,17-18H,1H3. The van der Waals surface area contributed by atoms with Crippen molar-refractivity contribution >= 4 is 11.9 Å². The van der Waals surface area contributed by atoms with Crippen molar-refractivity contribution in [3.8, 4) is 23.0 Å². The summed E-state index contributed by atoms with van der Waals surface area (Å²) in [6, 6.07) is 10.4. The minimum Gasteiger partial charge on any atom is -0.504 e. The highest BCUT2D eigenvalue weighted by atomic mass is 16.5. The summed E-state index contributed by atoms with van der Waals surface area (Å²) in [5.41, 5.74) is 0.913. The van der Waals surface area contributed by atoms with Crippen LogP contribution in [0.1, 0.15) is 15.9 Å². The van der Waals surface area contributed by atoms with E-state index in [9.17, 15) is 15.0 Å². The van der Waals surface area contributed by atoms with E-state index in [1.165, 1.54) is 13.2 Å². The van der Waals surface area contributed by atoms with Gasteiger partial charge < -0.3 is 19.7 Å². The Hall–Kier alpha value is -2.95. The van der Waals surface area contributed by atoms with Gasteiger partial charge in [0.15, 0.2) is 17.3 Å². The van der Waals surface area contributed by atoms with E-state index in [0.717, 1.165) is 5.56 Å². The van der Waals surface area contributed by atoms with Crippen LogP contribution in [0.15, 0.2) is 42.2 Å². The molecule has 0 spiro atoms. The summed E-state index contributed by atoms with van der Waals surface area (Å²) < 4.78 is 10.5. The van der Waals surface area contributed by atoms with Crippen molar-refractivity contribution in [3.05, 3.63) is 53.3 Å². The second kappa shape index (κ2) is 4.86. The maximum Gasteiger partial charge on any atom is 0.235 e. The summed E-state index contributed by atoms with van der Waals surface area (Å²) in [7, 11) is 1.31. The molecule has 1 aliphatic rings. The number of phenolic OH excluding ortho intramolecular Hbond substituents is 2. The van der Waals surface area contributed by atoms with Crippen LogP contribution in [0.3, 0.4) is 0 Å². The van der Waals surface area contributed by atoms with Gasteiger partial charge in [0.25, 0.3) is 0 Å². The number of aromatic hydroxyl groups is 2. The van der Waals surface area contributed by atoms with E-state index >= 15 is 0 Å². The van der Waals surface area contributed by atoms with E-state index < -0.39 is 17.3 Å². The molecule has 1 aliphatic heterocycles. The highest BCUT2D eigenvalue weighted by molar-refractivity contribution is 6.16. The summed E-state index contributed by atoms with van der Waals surface area (Å²) in [6.07, 6.45) is 1.59. The Bertz CT molecular complexity index is 747. The monoisotopic (exact) mass is 284 g/mol. The second-order valence-electron chi connectivity index (χ2n) is 4.50. The average Bonchev–Trinajstić information content (AvgIpc) is 2.78. The molecule has 0 amide bonds. The van der Waals surface area contributed by atoms with E-state index in [2.05, 4.69) is 0 Å².